The Morgan fingerprint density at radius 1 is 1.40 bits per heavy atom. The molecule has 0 aliphatic carbocycles. The van der Waals surface area contributed by atoms with E-state index in [2.05, 4.69) is 5.32 Å². The fraction of sp³-hybridized carbons (Fsp3) is 0.308. The number of benzene rings is 1. The minimum Gasteiger partial charge on any atom is -0.323 e. The summed E-state index contributed by atoms with van der Waals surface area (Å²) in [6.45, 7) is 1.57. The lowest BCUT2D eigenvalue weighted by atomic mass is 10.2. The van der Waals surface area contributed by atoms with Crippen molar-refractivity contribution >= 4 is 35.1 Å². The van der Waals surface area contributed by atoms with E-state index >= 15 is 0 Å². The first-order valence-electron chi connectivity index (χ1n) is 6.00. The first-order valence-corrected chi connectivity index (χ1v) is 6.37. The normalized spacial score (nSPS) is 14.9. The molecule has 7 heteroatoms. The Morgan fingerprint density at radius 2 is 2.10 bits per heavy atom. The van der Waals surface area contributed by atoms with Crippen LogP contribution in [0.15, 0.2) is 18.2 Å². The molecule has 20 heavy (non-hydrogen) atoms. The Bertz CT molecular complexity index is 588. The van der Waals surface area contributed by atoms with Crippen molar-refractivity contribution in [3.63, 3.8) is 0 Å². The van der Waals surface area contributed by atoms with E-state index in [-0.39, 0.29) is 19.0 Å². The summed E-state index contributed by atoms with van der Waals surface area (Å²) in [6, 6.07) is 4.73. The minimum absolute atomic E-state index is 0.00258. The van der Waals surface area contributed by atoms with Gasteiger partial charge in [0.05, 0.1) is 10.7 Å². The summed E-state index contributed by atoms with van der Waals surface area (Å²) in [5.74, 6) is -0.851. The highest BCUT2D eigenvalue weighted by Gasteiger charge is 2.34. The molecular weight excluding hydrogens is 282 g/mol. The van der Waals surface area contributed by atoms with E-state index in [1.165, 1.54) is 11.9 Å². The van der Waals surface area contributed by atoms with E-state index in [0.29, 0.717) is 10.7 Å². The molecule has 2 rings (SSSR count). The molecule has 0 atom stereocenters. The van der Waals surface area contributed by atoms with Crippen molar-refractivity contribution in [3.05, 3.63) is 28.8 Å². The molecule has 1 aliphatic heterocycles. The van der Waals surface area contributed by atoms with Gasteiger partial charge >= 0.3 is 6.03 Å². The van der Waals surface area contributed by atoms with Crippen LogP contribution in [0.2, 0.25) is 5.02 Å². The van der Waals surface area contributed by atoms with E-state index in [1.807, 2.05) is 6.92 Å². The van der Waals surface area contributed by atoms with Crippen LogP contribution >= 0.6 is 11.6 Å². The lowest BCUT2D eigenvalue weighted by Crippen LogP contribution is -2.38. The smallest absolute Gasteiger partial charge is 0.323 e. The predicted octanol–water partition coefficient (Wildman–Crippen LogP) is 1.48. The summed E-state index contributed by atoms with van der Waals surface area (Å²) in [4.78, 5) is 37.2. The number of likely N-dealkylation sites (N-methyl/N-ethyl adjacent to an activating group) is 1. The SMILES string of the molecule is Cc1ccc(NC(=O)CN2C(=O)CN(C)C2=O)c(Cl)c1. The van der Waals surface area contributed by atoms with Gasteiger partial charge in [0.15, 0.2) is 0 Å². The van der Waals surface area contributed by atoms with Crippen LogP contribution in [0.25, 0.3) is 0 Å². The molecule has 1 aromatic rings. The summed E-state index contributed by atoms with van der Waals surface area (Å²) < 4.78 is 0. The maximum Gasteiger partial charge on any atom is 0.327 e. The van der Waals surface area contributed by atoms with E-state index in [4.69, 9.17) is 11.6 Å². The topological polar surface area (TPSA) is 69.7 Å². The molecule has 1 fully saturated rings. The van der Waals surface area contributed by atoms with Crippen molar-refractivity contribution in [1.29, 1.82) is 0 Å². The molecule has 1 saturated heterocycles. The molecule has 1 aliphatic rings. The fourth-order valence-electron chi connectivity index (χ4n) is 1.88. The van der Waals surface area contributed by atoms with Crippen molar-refractivity contribution < 1.29 is 14.4 Å². The van der Waals surface area contributed by atoms with Crippen LogP contribution in [0.4, 0.5) is 10.5 Å². The molecule has 0 spiro atoms. The van der Waals surface area contributed by atoms with Crippen molar-refractivity contribution in [1.82, 2.24) is 9.80 Å². The summed E-state index contributed by atoms with van der Waals surface area (Å²) >= 11 is 6.00. The van der Waals surface area contributed by atoms with Gasteiger partial charge in [-0.15, -0.1) is 0 Å². The number of nitrogens with zero attached hydrogens (tertiary/aromatic N) is 2. The number of imide groups is 1. The molecule has 1 heterocycles. The number of nitrogens with one attached hydrogen (secondary N) is 1. The van der Waals surface area contributed by atoms with Gasteiger partial charge in [0, 0.05) is 7.05 Å². The maximum absolute atomic E-state index is 11.9. The fourth-order valence-corrected chi connectivity index (χ4v) is 2.16. The predicted molar refractivity (Wildman–Crippen MR) is 74.6 cm³/mol. The number of hydrogen-bond donors (Lipinski definition) is 1. The van der Waals surface area contributed by atoms with Crippen LogP contribution in [-0.2, 0) is 9.59 Å². The number of aryl methyl sites for hydroxylation is 1. The van der Waals surface area contributed by atoms with E-state index in [1.54, 1.807) is 18.2 Å². The first-order chi connectivity index (χ1) is 9.38. The second kappa shape index (κ2) is 5.50. The number of carbonyl (C=O) groups excluding carboxylic acids is 3. The number of rotatable bonds is 3. The minimum atomic E-state index is -0.472. The average Bonchev–Trinajstić information content (AvgIpc) is 2.60. The van der Waals surface area contributed by atoms with Gasteiger partial charge in [-0.05, 0) is 24.6 Å². The number of urea groups is 1. The number of halogens is 1. The Kier molecular flexibility index (Phi) is 3.94. The number of carbonyl (C=O) groups is 3. The van der Waals surface area contributed by atoms with Gasteiger partial charge in [-0.3, -0.25) is 14.5 Å². The molecule has 0 unspecified atom stereocenters. The molecule has 0 radical (unpaired) electrons. The van der Waals surface area contributed by atoms with Crippen LogP contribution in [0.5, 0.6) is 0 Å². The van der Waals surface area contributed by atoms with Gasteiger partial charge < -0.3 is 10.2 Å². The van der Waals surface area contributed by atoms with Crippen LogP contribution in [0.1, 0.15) is 5.56 Å². The number of amides is 4. The van der Waals surface area contributed by atoms with Gasteiger partial charge in [0.2, 0.25) is 5.91 Å². The maximum atomic E-state index is 11.9. The van der Waals surface area contributed by atoms with Crippen molar-refractivity contribution in [2.75, 3.05) is 25.5 Å². The summed E-state index contributed by atoms with van der Waals surface area (Å²) in [7, 11) is 1.51. The molecular formula is C13H14ClN3O3. The lowest BCUT2D eigenvalue weighted by Gasteiger charge is -2.14. The van der Waals surface area contributed by atoms with Crippen molar-refractivity contribution in [3.8, 4) is 0 Å². The van der Waals surface area contributed by atoms with Gasteiger partial charge in [0.25, 0.3) is 5.91 Å². The van der Waals surface area contributed by atoms with E-state index < -0.39 is 11.9 Å². The Hall–Kier alpha value is -2.08. The summed E-state index contributed by atoms with van der Waals surface area (Å²) in [5, 5.41) is 3.00. The highest BCUT2D eigenvalue weighted by Crippen LogP contribution is 2.22. The molecule has 4 amide bonds. The molecule has 0 aromatic heterocycles. The first kappa shape index (κ1) is 14.3. The zero-order chi connectivity index (χ0) is 14.9. The monoisotopic (exact) mass is 295 g/mol. The average molecular weight is 296 g/mol. The third-order valence-corrected chi connectivity index (χ3v) is 3.24. The van der Waals surface area contributed by atoms with Crippen LogP contribution < -0.4 is 5.32 Å². The molecule has 0 saturated carbocycles. The molecule has 1 N–H and O–H groups in total. The van der Waals surface area contributed by atoms with Crippen LogP contribution in [-0.4, -0.2) is 47.8 Å². The molecule has 106 valence electrons. The second-order valence-corrected chi connectivity index (χ2v) is 5.06. The van der Waals surface area contributed by atoms with Crippen LogP contribution in [0.3, 0.4) is 0 Å². The lowest BCUT2D eigenvalue weighted by molar-refractivity contribution is -0.129. The van der Waals surface area contributed by atoms with Crippen LogP contribution in [0, 0.1) is 6.92 Å². The van der Waals surface area contributed by atoms with Crippen molar-refractivity contribution in [2.24, 2.45) is 0 Å². The quantitative estimate of drug-likeness (QED) is 0.859. The third kappa shape index (κ3) is 2.91. The van der Waals surface area contributed by atoms with Gasteiger partial charge in [-0.2, -0.15) is 0 Å². The van der Waals surface area contributed by atoms with E-state index in [9.17, 15) is 14.4 Å². The standard InChI is InChI=1S/C13H14ClN3O3/c1-8-3-4-10(9(14)5-8)15-11(18)6-17-12(19)7-16(2)13(17)20/h3-5H,6-7H2,1-2H3,(H,15,18). The third-order valence-electron chi connectivity index (χ3n) is 2.93. The van der Waals surface area contributed by atoms with Gasteiger partial charge in [-0.1, -0.05) is 17.7 Å². The highest BCUT2D eigenvalue weighted by molar-refractivity contribution is 6.33. The summed E-state index contributed by atoms with van der Waals surface area (Å²) in [5.41, 5.74) is 1.43. The second-order valence-electron chi connectivity index (χ2n) is 4.65. The Balaban J connectivity index is 2.03. The van der Waals surface area contributed by atoms with E-state index in [0.717, 1.165) is 10.5 Å². The highest BCUT2D eigenvalue weighted by atomic mass is 35.5. The number of anilines is 1. The molecule has 0 bridgehead atoms. The molecule has 6 nitrogen and oxygen atoms in total. The Morgan fingerprint density at radius 3 is 2.65 bits per heavy atom. The Labute approximate surface area is 121 Å². The summed E-state index contributed by atoms with van der Waals surface area (Å²) in [6.07, 6.45) is 0. The largest absolute Gasteiger partial charge is 0.327 e. The zero-order valence-electron chi connectivity index (χ0n) is 11.1. The molecule has 1 aromatic carbocycles. The number of hydrogen-bond acceptors (Lipinski definition) is 3. The zero-order valence-corrected chi connectivity index (χ0v) is 11.9. The van der Waals surface area contributed by atoms with Crippen molar-refractivity contribution in [2.45, 2.75) is 6.92 Å². The van der Waals surface area contributed by atoms with Gasteiger partial charge in [0.1, 0.15) is 13.1 Å². The van der Waals surface area contributed by atoms with Gasteiger partial charge in [-0.25, -0.2) is 4.79 Å².